The zero-order valence-electron chi connectivity index (χ0n) is 14.4. The highest BCUT2D eigenvalue weighted by molar-refractivity contribution is 14.1. The van der Waals surface area contributed by atoms with Gasteiger partial charge in [0.15, 0.2) is 0 Å². The van der Waals surface area contributed by atoms with Crippen molar-refractivity contribution in [2.45, 2.75) is 6.61 Å². The summed E-state index contributed by atoms with van der Waals surface area (Å²) in [6, 6.07) is 14.8. The molecule has 0 bridgehead atoms. The second kappa shape index (κ2) is 10.2. The molecule has 0 aliphatic carbocycles. The van der Waals surface area contributed by atoms with E-state index >= 15 is 0 Å². The van der Waals surface area contributed by atoms with Crippen LogP contribution >= 0.6 is 56.8 Å². The van der Waals surface area contributed by atoms with E-state index in [1.54, 1.807) is 24.5 Å². The number of aromatic nitrogens is 1. The SMILES string of the molecule is O=C(N/N=C\c1cc(I)c(OCc2ccc(Cl)cc2)c(I)c1)c1cccnc1. The van der Waals surface area contributed by atoms with E-state index in [0.717, 1.165) is 24.0 Å². The summed E-state index contributed by atoms with van der Waals surface area (Å²) in [6.07, 6.45) is 4.70. The summed E-state index contributed by atoms with van der Waals surface area (Å²) in [6.45, 7) is 0.456. The molecule has 5 nitrogen and oxygen atoms in total. The number of pyridine rings is 1. The van der Waals surface area contributed by atoms with E-state index in [9.17, 15) is 4.79 Å². The second-order valence-electron chi connectivity index (χ2n) is 5.67. The number of ether oxygens (including phenoxy) is 1. The molecule has 0 saturated heterocycles. The van der Waals surface area contributed by atoms with Crippen molar-refractivity contribution < 1.29 is 9.53 Å². The summed E-state index contributed by atoms with van der Waals surface area (Å²) in [7, 11) is 0. The number of carbonyl (C=O) groups excluding carboxylic acids is 1. The van der Waals surface area contributed by atoms with Gasteiger partial charge in [0.1, 0.15) is 12.4 Å². The van der Waals surface area contributed by atoms with Crippen molar-refractivity contribution in [1.29, 1.82) is 0 Å². The average Bonchev–Trinajstić information content (AvgIpc) is 2.69. The third-order valence-corrected chi connectivity index (χ3v) is 5.48. The molecule has 28 heavy (non-hydrogen) atoms. The van der Waals surface area contributed by atoms with E-state index in [0.29, 0.717) is 17.2 Å². The molecule has 1 aromatic heterocycles. The predicted octanol–water partition coefficient (Wildman–Crippen LogP) is 5.29. The first-order valence-electron chi connectivity index (χ1n) is 8.12. The van der Waals surface area contributed by atoms with Crippen molar-refractivity contribution in [2.75, 3.05) is 0 Å². The number of rotatable bonds is 6. The Balaban J connectivity index is 1.64. The van der Waals surface area contributed by atoms with Crippen molar-refractivity contribution in [3.05, 3.63) is 89.8 Å². The normalized spacial score (nSPS) is 10.8. The Morgan fingerprint density at radius 2 is 1.89 bits per heavy atom. The van der Waals surface area contributed by atoms with Gasteiger partial charge in [-0.1, -0.05) is 23.7 Å². The fraction of sp³-hybridized carbons (Fsp3) is 0.0500. The van der Waals surface area contributed by atoms with Crippen LogP contribution in [0.4, 0.5) is 0 Å². The van der Waals surface area contributed by atoms with Crippen molar-refractivity contribution in [3.63, 3.8) is 0 Å². The molecule has 0 saturated carbocycles. The zero-order valence-corrected chi connectivity index (χ0v) is 19.5. The molecule has 0 aliphatic heterocycles. The highest BCUT2D eigenvalue weighted by Gasteiger charge is 2.09. The van der Waals surface area contributed by atoms with Crippen LogP contribution in [0.5, 0.6) is 5.75 Å². The number of carbonyl (C=O) groups is 1. The van der Waals surface area contributed by atoms with E-state index in [2.05, 4.69) is 60.7 Å². The lowest BCUT2D eigenvalue weighted by Gasteiger charge is -2.11. The van der Waals surface area contributed by atoms with Gasteiger partial charge < -0.3 is 4.74 Å². The second-order valence-corrected chi connectivity index (χ2v) is 8.43. The fourth-order valence-corrected chi connectivity index (χ4v) is 4.51. The minimum absolute atomic E-state index is 0.309. The maximum absolute atomic E-state index is 12.0. The molecule has 3 aromatic rings. The van der Waals surface area contributed by atoms with Crippen LogP contribution in [0.3, 0.4) is 0 Å². The first-order chi connectivity index (χ1) is 13.5. The smallest absolute Gasteiger partial charge is 0.272 e. The van der Waals surface area contributed by atoms with Gasteiger partial charge in [0, 0.05) is 17.4 Å². The molecule has 8 heteroatoms. The number of benzene rings is 2. The number of amides is 1. The van der Waals surface area contributed by atoms with Crippen LogP contribution in [0, 0.1) is 7.14 Å². The van der Waals surface area contributed by atoms with Crippen LogP contribution in [0.1, 0.15) is 21.5 Å². The van der Waals surface area contributed by atoms with Crippen LogP contribution in [-0.4, -0.2) is 17.1 Å². The van der Waals surface area contributed by atoms with Crippen molar-refractivity contribution in [1.82, 2.24) is 10.4 Å². The van der Waals surface area contributed by atoms with Gasteiger partial charge in [0.25, 0.3) is 5.91 Å². The number of hydrogen-bond acceptors (Lipinski definition) is 4. The summed E-state index contributed by atoms with van der Waals surface area (Å²) >= 11 is 10.4. The molecule has 0 unspecified atom stereocenters. The van der Waals surface area contributed by atoms with Crippen molar-refractivity contribution in [3.8, 4) is 5.75 Å². The standard InChI is InChI=1S/C20H14ClI2N3O2/c21-16-5-3-13(4-6-16)12-28-19-17(22)8-14(9-18(19)23)10-25-26-20(27)15-2-1-7-24-11-15/h1-11H,12H2,(H,26,27)/b25-10-. The van der Waals surface area contributed by atoms with Gasteiger partial charge in [0.05, 0.1) is 18.9 Å². The molecular formula is C20H14ClI2N3O2. The van der Waals surface area contributed by atoms with Gasteiger partial charge >= 0.3 is 0 Å². The Morgan fingerprint density at radius 3 is 2.54 bits per heavy atom. The van der Waals surface area contributed by atoms with Crippen LogP contribution in [0.2, 0.25) is 5.02 Å². The van der Waals surface area contributed by atoms with Gasteiger partial charge in [-0.2, -0.15) is 5.10 Å². The Morgan fingerprint density at radius 1 is 1.18 bits per heavy atom. The number of hydrogen-bond donors (Lipinski definition) is 1. The van der Waals surface area contributed by atoms with Crippen LogP contribution in [-0.2, 0) is 6.61 Å². The zero-order chi connectivity index (χ0) is 19.9. The van der Waals surface area contributed by atoms with Gasteiger partial charge in [-0.05, 0) is 92.7 Å². The fourth-order valence-electron chi connectivity index (χ4n) is 2.26. The monoisotopic (exact) mass is 617 g/mol. The summed E-state index contributed by atoms with van der Waals surface area (Å²) in [5.41, 5.74) is 4.85. The first-order valence-corrected chi connectivity index (χ1v) is 10.7. The highest BCUT2D eigenvalue weighted by atomic mass is 127. The molecule has 1 heterocycles. The summed E-state index contributed by atoms with van der Waals surface area (Å²) < 4.78 is 7.88. The number of halogens is 3. The lowest BCUT2D eigenvalue weighted by atomic mass is 10.2. The van der Waals surface area contributed by atoms with Gasteiger partial charge in [-0.15, -0.1) is 0 Å². The number of nitrogens with one attached hydrogen (secondary N) is 1. The largest absolute Gasteiger partial charge is 0.487 e. The maximum atomic E-state index is 12.0. The number of nitrogens with zero attached hydrogens (tertiary/aromatic N) is 2. The molecule has 0 aliphatic rings. The molecule has 2 aromatic carbocycles. The molecule has 1 N–H and O–H groups in total. The van der Waals surface area contributed by atoms with Crippen LogP contribution in [0.25, 0.3) is 0 Å². The third-order valence-electron chi connectivity index (χ3n) is 3.62. The Hall–Kier alpha value is -1.72. The third kappa shape index (κ3) is 5.89. The predicted molar refractivity (Wildman–Crippen MR) is 127 cm³/mol. The average molecular weight is 618 g/mol. The highest BCUT2D eigenvalue weighted by Crippen LogP contribution is 2.29. The molecular weight excluding hydrogens is 603 g/mol. The molecule has 0 radical (unpaired) electrons. The molecule has 0 fully saturated rings. The Kier molecular flexibility index (Phi) is 7.63. The van der Waals surface area contributed by atoms with Crippen molar-refractivity contribution >= 4 is 68.9 Å². The van der Waals surface area contributed by atoms with E-state index in [1.165, 1.54) is 6.20 Å². The summed E-state index contributed by atoms with van der Waals surface area (Å²) in [5.74, 6) is 0.504. The lowest BCUT2D eigenvalue weighted by molar-refractivity contribution is 0.0955. The van der Waals surface area contributed by atoms with E-state index in [-0.39, 0.29) is 5.91 Å². The summed E-state index contributed by atoms with van der Waals surface area (Å²) in [4.78, 5) is 15.9. The summed E-state index contributed by atoms with van der Waals surface area (Å²) in [5, 5.41) is 4.72. The quantitative estimate of drug-likeness (QED) is 0.233. The topological polar surface area (TPSA) is 63.6 Å². The van der Waals surface area contributed by atoms with E-state index in [4.69, 9.17) is 16.3 Å². The van der Waals surface area contributed by atoms with Gasteiger partial charge in [-0.25, -0.2) is 5.43 Å². The van der Waals surface area contributed by atoms with Crippen LogP contribution < -0.4 is 10.2 Å². The Labute approximate surface area is 194 Å². The first kappa shape index (κ1) is 21.0. The Bertz CT molecular complexity index is 973. The molecule has 142 valence electrons. The lowest BCUT2D eigenvalue weighted by Crippen LogP contribution is -2.17. The van der Waals surface area contributed by atoms with Crippen LogP contribution in [0.15, 0.2) is 66.0 Å². The van der Waals surface area contributed by atoms with E-state index < -0.39 is 0 Å². The maximum Gasteiger partial charge on any atom is 0.272 e. The van der Waals surface area contributed by atoms with E-state index in [1.807, 2.05) is 36.4 Å². The van der Waals surface area contributed by atoms with Gasteiger partial charge in [-0.3, -0.25) is 9.78 Å². The minimum atomic E-state index is -0.309. The minimum Gasteiger partial charge on any atom is -0.487 e. The van der Waals surface area contributed by atoms with Gasteiger partial charge in [0.2, 0.25) is 0 Å². The number of hydrazone groups is 1. The molecule has 1 amide bonds. The molecule has 0 atom stereocenters. The molecule has 0 spiro atoms. The molecule has 3 rings (SSSR count). The van der Waals surface area contributed by atoms with Crippen molar-refractivity contribution in [2.24, 2.45) is 5.10 Å².